The van der Waals surface area contributed by atoms with Gasteiger partial charge in [0.2, 0.25) is 0 Å². The molecule has 0 aliphatic heterocycles. The summed E-state index contributed by atoms with van der Waals surface area (Å²) in [5.41, 5.74) is 0.846. The van der Waals surface area contributed by atoms with Gasteiger partial charge in [-0.3, -0.25) is 9.59 Å². The Morgan fingerprint density at radius 1 is 1.19 bits per heavy atom. The first-order valence-electron chi connectivity index (χ1n) is 6.14. The van der Waals surface area contributed by atoms with Crippen LogP contribution < -0.4 is 10.6 Å². The summed E-state index contributed by atoms with van der Waals surface area (Å²) in [6, 6.07) is 9.98. The molecule has 0 aliphatic rings. The summed E-state index contributed by atoms with van der Waals surface area (Å²) in [5, 5.41) is 5.58. The number of likely N-dealkylation sites (N-methyl/N-ethyl adjacent to an activating group) is 1. The Labute approximate surface area is 126 Å². The molecule has 1 aromatic carbocycles. The predicted molar refractivity (Wildman–Crippen MR) is 79.7 cm³/mol. The van der Waals surface area contributed by atoms with E-state index in [1.54, 1.807) is 36.4 Å². The summed E-state index contributed by atoms with van der Waals surface area (Å²) in [7, 11) is 1.48. The minimum absolute atomic E-state index is 0.112. The molecule has 0 unspecified atom stereocenters. The molecule has 0 aliphatic carbocycles. The lowest BCUT2D eigenvalue weighted by Crippen LogP contribution is -2.32. The highest BCUT2D eigenvalue weighted by Crippen LogP contribution is 2.12. The van der Waals surface area contributed by atoms with Gasteiger partial charge in [-0.1, -0.05) is 23.7 Å². The van der Waals surface area contributed by atoms with E-state index in [-0.39, 0.29) is 11.5 Å². The van der Waals surface area contributed by atoms with Gasteiger partial charge in [0.15, 0.2) is 5.76 Å². The average molecular weight is 305 g/mol. The zero-order chi connectivity index (χ0) is 15.2. The van der Waals surface area contributed by atoms with Crippen molar-refractivity contribution in [2.24, 2.45) is 0 Å². The number of benzene rings is 1. The molecule has 0 bridgehead atoms. The van der Waals surface area contributed by atoms with Crippen molar-refractivity contribution in [3.8, 4) is 0 Å². The van der Waals surface area contributed by atoms with E-state index in [0.29, 0.717) is 5.02 Å². The molecule has 1 aromatic heterocycles. The number of carbonyl (C=O) groups excluding carboxylic acids is 2. The lowest BCUT2D eigenvalue weighted by Gasteiger charge is -2.07. The van der Waals surface area contributed by atoms with E-state index in [0.717, 1.165) is 5.56 Å². The predicted octanol–water partition coefficient (Wildman–Crippen LogP) is 2.45. The van der Waals surface area contributed by atoms with Crippen molar-refractivity contribution in [1.29, 1.82) is 0 Å². The maximum absolute atomic E-state index is 11.9. The van der Waals surface area contributed by atoms with Crippen LogP contribution in [0.2, 0.25) is 5.02 Å². The van der Waals surface area contributed by atoms with Crippen LogP contribution in [0.15, 0.2) is 52.8 Å². The second kappa shape index (κ2) is 6.76. The summed E-state index contributed by atoms with van der Waals surface area (Å²) in [6.07, 6.45) is 2.94. The molecule has 2 rings (SSSR count). The van der Waals surface area contributed by atoms with Gasteiger partial charge in [0.25, 0.3) is 11.8 Å². The first-order valence-corrected chi connectivity index (χ1v) is 6.52. The Morgan fingerprint density at radius 3 is 2.48 bits per heavy atom. The lowest BCUT2D eigenvalue weighted by molar-refractivity contribution is -0.117. The Bertz CT molecular complexity index is 661. The minimum Gasteiger partial charge on any atom is -0.459 e. The summed E-state index contributed by atoms with van der Waals surface area (Å²) in [4.78, 5) is 23.8. The molecule has 2 N–H and O–H groups in total. The number of nitrogens with one attached hydrogen (secondary N) is 2. The number of furan rings is 1. The number of carbonyl (C=O) groups is 2. The molecule has 0 saturated heterocycles. The third-order valence-electron chi connectivity index (χ3n) is 2.65. The van der Waals surface area contributed by atoms with Crippen LogP contribution in [0, 0.1) is 0 Å². The van der Waals surface area contributed by atoms with Crippen LogP contribution in [0.3, 0.4) is 0 Å². The Hall–Kier alpha value is -2.53. The van der Waals surface area contributed by atoms with Crippen LogP contribution in [0.1, 0.15) is 16.1 Å². The first-order chi connectivity index (χ1) is 10.1. The highest BCUT2D eigenvalue weighted by molar-refractivity contribution is 6.30. The van der Waals surface area contributed by atoms with Gasteiger partial charge in [-0.25, -0.2) is 0 Å². The fourth-order valence-electron chi connectivity index (χ4n) is 1.61. The monoisotopic (exact) mass is 304 g/mol. The van der Waals surface area contributed by atoms with Gasteiger partial charge < -0.3 is 15.1 Å². The zero-order valence-corrected chi connectivity index (χ0v) is 12.0. The van der Waals surface area contributed by atoms with Crippen molar-refractivity contribution in [2.45, 2.75) is 0 Å². The molecular formula is C15H13ClN2O3. The third-order valence-corrected chi connectivity index (χ3v) is 2.90. The SMILES string of the molecule is CNC(=O)/C(=C\c1ccc(Cl)cc1)NC(=O)c1ccco1. The van der Waals surface area contributed by atoms with Crippen molar-refractivity contribution in [2.75, 3.05) is 7.05 Å². The smallest absolute Gasteiger partial charge is 0.291 e. The number of hydrogen-bond donors (Lipinski definition) is 2. The van der Waals surface area contributed by atoms with Gasteiger partial charge in [0.05, 0.1) is 6.26 Å². The van der Waals surface area contributed by atoms with Crippen molar-refractivity contribution in [3.63, 3.8) is 0 Å². The molecule has 108 valence electrons. The molecule has 2 aromatic rings. The molecule has 5 nitrogen and oxygen atoms in total. The molecule has 0 radical (unpaired) electrons. The molecule has 2 amide bonds. The van der Waals surface area contributed by atoms with E-state index in [4.69, 9.17) is 16.0 Å². The number of amides is 2. The maximum Gasteiger partial charge on any atom is 0.291 e. The Balaban J connectivity index is 2.24. The molecule has 0 saturated carbocycles. The second-order valence-electron chi connectivity index (χ2n) is 4.12. The second-order valence-corrected chi connectivity index (χ2v) is 4.56. The van der Waals surface area contributed by atoms with Crippen LogP contribution in [-0.4, -0.2) is 18.9 Å². The van der Waals surface area contributed by atoms with E-state index < -0.39 is 11.8 Å². The highest BCUT2D eigenvalue weighted by atomic mass is 35.5. The van der Waals surface area contributed by atoms with Crippen molar-refractivity contribution < 1.29 is 14.0 Å². The van der Waals surface area contributed by atoms with E-state index in [9.17, 15) is 9.59 Å². The molecule has 0 atom stereocenters. The average Bonchev–Trinajstić information content (AvgIpc) is 3.02. The van der Waals surface area contributed by atoms with E-state index in [2.05, 4.69) is 10.6 Å². The van der Waals surface area contributed by atoms with E-state index >= 15 is 0 Å². The minimum atomic E-state index is -0.496. The first kappa shape index (κ1) is 14.9. The maximum atomic E-state index is 11.9. The zero-order valence-electron chi connectivity index (χ0n) is 11.2. The summed E-state index contributed by atoms with van der Waals surface area (Å²) in [5.74, 6) is -0.783. The van der Waals surface area contributed by atoms with Gasteiger partial charge in [-0.2, -0.15) is 0 Å². The van der Waals surface area contributed by atoms with E-state index in [1.165, 1.54) is 19.4 Å². The van der Waals surface area contributed by atoms with E-state index in [1.807, 2.05) is 0 Å². The van der Waals surface area contributed by atoms with Crippen LogP contribution >= 0.6 is 11.6 Å². The number of rotatable bonds is 4. The lowest BCUT2D eigenvalue weighted by atomic mass is 10.2. The summed E-state index contributed by atoms with van der Waals surface area (Å²) < 4.78 is 4.99. The van der Waals surface area contributed by atoms with Crippen molar-refractivity contribution >= 4 is 29.5 Å². The van der Waals surface area contributed by atoms with Crippen LogP contribution in [-0.2, 0) is 4.79 Å². The van der Waals surface area contributed by atoms with Crippen molar-refractivity contribution in [1.82, 2.24) is 10.6 Å². The summed E-state index contributed by atoms with van der Waals surface area (Å²) in [6.45, 7) is 0. The molecule has 1 heterocycles. The third kappa shape index (κ3) is 3.97. The fourth-order valence-corrected chi connectivity index (χ4v) is 1.74. The van der Waals surface area contributed by atoms with Gasteiger partial charge in [-0.05, 0) is 35.9 Å². The van der Waals surface area contributed by atoms with Crippen molar-refractivity contribution in [3.05, 3.63) is 64.7 Å². The molecule has 0 spiro atoms. The van der Waals surface area contributed by atoms with Gasteiger partial charge >= 0.3 is 0 Å². The normalized spacial score (nSPS) is 11.0. The van der Waals surface area contributed by atoms with Crippen LogP contribution in [0.25, 0.3) is 6.08 Å². The topological polar surface area (TPSA) is 71.3 Å². The highest BCUT2D eigenvalue weighted by Gasteiger charge is 2.15. The van der Waals surface area contributed by atoms with Crippen LogP contribution in [0.4, 0.5) is 0 Å². The quantitative estimate of drug-likeness (QED) is 0.852. The Kier molecular flexibility index (Phi) is 4.79. The molecular weight excluding hydrogens is 292 g/mol. The number of hydrogen-bond acceptors (Lipinski definition) is 3. The van der Waals surface area contributed by atoms with Gasteiger partial charge in [0, 0.05) is 12.1 Å². The fraction of sp³-hybridized carbons (Fsp3) is 0.0667. The number of halogens is 1. The standard InChI is InChI=1S/C15H13ClN2O3/c1-17-14(19)12(9-10-4-6-11(16)7-5-10)18-15(20)13-3-2-8-21-13/h2-9H,1H3,(H,17,19)(H,18,20)/b12-9+. The molecule has 6 heteroatoms. The Morgan fingerprint density at radius 2 is 1.90 bits per heavy atom. The molecule has 21 heavy (non-hydrogen) atoms. The van der Waals surface area contributed by atoms with Crippen LogP contribution in [0.5, 0.6) is 0 Å². The molecule has 0 fully saturated rings. The largest absolute Gasteiger partial charge is 0.459 e. The van der Waals surface area contributed by atoms with Gasteiger partial charge in [-0.15, -0.1) is 0 Å². The van der Waals surface area contributed by atoms with Gasteiger partial charge in [0.1, 0.15) is 5.70 Å². The summed E-state index contributed by atoms with van der Waals surface area (Å²) >= 11 is 5.81.